The van der Waals surface area contributed by atoms with Gasteiger partial charge in [-0.1, -0.05) is 6.07 Å². The van der Waals surface area contributed by atoms with Crippen molar-refractivity contribution >= 4 is 11.7 Å². The summed E-state index contributed by atoms with van der Waals surface area (Å²) in [5.74, 6) is 1.33. The summed E-state index contributed by atoms with van der Waals surface area (Å²) < 4.78 is 0. The van der Waals surface area contributed by atoms with E-state index in [0.717, 1.165) is 63.4 Å². The Kier molecular flexibility index (Phi) is 5.05. The normalized spacial score (nSPS) is 19.5. The maximum atomic E-state index is 12.4. The molecule has 0 aliphatic carbocycles. The van der Waals surface area contributed by atoms with Gasteiger partial charge in [-0.3, -0.25) is 9.78 Å². The van der Waals surface area contributed by atoms with E-state index in [1.165, 1.54) is 5.56 Å². The molecule has 4 heterocycles. The van der Waals surface area contributed by atoms with Crippen molar-refractivity contribution in [3.05, 3.63) is 48.2 Å². The molecular weight excluding hydrogens is 338 g/mol. The standard InChI is InChI=1S/C21H27N5O/c1-17-13-19(24-16-23-17)25-11-7-21(8-12-25)6-4-20(27)26(15-21)10-5-18-3-2-9-22-14-18/h2-3,9,13-14,16H,4-8,10-12,15H2,1H3. The highest BCUT2D eigenvalue weighted by Crippen LogP contribution is 2.40. The zero-order chi connectivity index (χ0) is 18.7. The molecule has 142 valence electrons. The van der Waals surface area contributed by atoms with E-state index in [2.05, 4.69) is 36.9 Å². The smallest absolute Gasteiger partial charge is 0.222 e. The molecule has 2 aromatic rings. The molecule has 2 aliphatic heterocycles. The number of amides is 1. The zero-order valence-corrected chi connectivity index (χ0v) is 16.0. The molecule has 2 saturated heterocycles. The van der Waals surface area contributed by atoms with Crippen LogP contribution < -0.4 is 4.90 Å². The second-order valence-electron chi connectivity index (χ2n) is 7.93. The molecule has 0 N–H and O–H groups in total. The number of nitrogens with zero attached hydrogens (tertiary/aromatic N) is 5. The van der Waals surface area contributed by atoms with Gasteiger partial charge in [0.1, 0.15) is 12.1 Å². The maximum Gasteiger partial charge on any atom is 0.222 e. The molecule has 0 saturated carbocycles. The Balaban J connectivity index is 1.37. The fraction of sp³-hybridized carbons (Fsp3) is 0.524. The Labute approximate surface area is 160 Å². The first-order chi connectivity index (χ1) is 13.1. The minimum Gasteiger partial charge on any atom is -0.356 e. The van der Waals surface area contributed by atoms with Gasteiger partial charge in [-0.05, 0) is 49.7 Å². The monoisotopic (exact) mass is 365 g/mol. The molecule has 0 aromatic carbocycles. The minimum absolute atomic E-state index is 0.265. The molecule has 2 aromatic heterocycles. The van der Waals surface area contributed by atoms with E-state index in [9.17, 15) is 4.79 Å². The Bertz CT molecular complexity index is 786. The molecule has 0 radical (unpaired) electrons. The van der Waals surface area contributed by atoms with E-state index in [0.29, 0.717) is 12.3 Å². The first-order valence-electron chi connectivity index (χ1n) is 9.84. The summed E-state index contributed by atoms with van der Waals surface area (Å²) >= 11 is 0. The van der Waals surface area contributed by atoms with Crippen LogP contribution in [0.2, 0.25) is 0 Å². The summed E-state index contributed by atoms with van der Waals surface area (Å²) in [5.41, 5.74) is 2.46. The summed E-state index contributed by atoms with van der Waals surface area (Å²) in [6.45, 7) is 5.69. The predicted molar refractivity (Wildman–Crippen MR) is 104 cm³/mol. The van der Waals surface area contributed by atoms with Gasteiger partial charge < -0.3 is 9.80 Å². The number of rotatable bonds is 4. The number of hydrogen-bond acceptors (Lipinski definition) is 5. The second kappa shape index (κ2) is 7.62. The fourth-order valence-electron chi connectivity index (χ4n) is 4.35. The number of aryl methyl sites for hydroxylation is 1. The van der Waals surface area contributed by atoms with Crippen LogP contribution in [-0.4, -0.2) is 51.9 Å². The third kappa shape index (κ3) is 4.10. The van der Waals surface area contributed by atoms with E-state index in [-0.39, 0.29) is 5.41 Å². The lowest BCUT2D eigenvalue weighted by molar-refractivity contribution is -0.138. The molecule has 6 heteroatoms. The SMILES string of the molecule is Cc1cc(N2CCC3(CCC(=O)N(CCc4cccnc4)C3)CC2)ncn1. The largest absolute Gasteiger partial charge is 0.356 e. The van der Waals surface area contributed by atoms with E-state index in [1.54, 1.807) is 12.5 Å². The molecule has 1 amide bonds. The van der Waals surface area contributed by atoms with Crippen LogP contribution in [0.1, 0.15) is 36.9 Å². The maximum absolute atomic E-state index is 12.4. The quantitative estimate of drug-likeness (QED) is 0.833. The zero-order valence-electron chi connectivity index (χ0n) is 16.0. The fourth-order valence-corrected chi connectivity index (χ4v) is 4.35. The highest BCUT2D eigenvalue weighted by Gasteiger charge is 2.41. The summed E-state index contributed by atoms with van der Waals surface area (Å²) in [6.07, 6.45) is 10.1. The average molecular weight is 365 g/mol. The van der Waals surface area contributed by atoms with Gasteiger partial charge in [-0.15, -0.1) is 0 Å². The van der Waals surface area contributed by atoms with Crippen molar-refractivity contribution in [2.45, 2.75) is 39.0 Å². The van der Waals surface area contributed by atoms with Crippen LogP contribution in [0.4, 0.5) is 5.82 Å². The Hall–Kier alpha value is -2.50. The van der Waals surface area contributed by atoms with Crippen LogP contribution >= 0.6 is 0 Å². The Morgan fingerprint density at radius 2 is 2.04 bits per heavy atom. The van der Waals surface area contributed by atoms with Gasteiger partial charge in [0.2, 0.25) is 5.91 Å². The lowest BCUT2D eigenvalue weighted by atomic mass is 9.72. The number of carbonyl (C=O) groups excluding carboxylic acids is 1. The van der Waals surface area contributed by atoms with Crippen LogP contribution in [0.3, 0.4) is 0 Å². The molecule has 6 nitrogen and oxygen atoms in total. The lowest BCUT2D eigenvalue weighted by Gasteiger charge is -2.47. The first-order valence-corrected chi connectivity index (χ1v) is 9.84. The third-order valence-electron chi connectivity index (χ3n) is 6.08. The predicted octanol–water partition coefficient (Wildman–Crippen LogP) is 2.63. The summed E-state index contributed by atoms with van der Waals surface area (Å²) in [4.78, 5) is 29.7. The number of piperidine rings is 2. The van der Waals surface area contributed by atoms with E-state index >= 15 is 0 Å². The molecule has 1 spiro atoms. The Morgan fingerprint density at radius 1 is 1.19 bits per heavy atom. The topological polar surface area (TPSA) is 62.2 Å². The van der Waals surface area contributed by atoms with Gasteiger partial charge >= 0.3 is 0 Å². The molecule has 27 heavy (non-hydrogen) atoms. The summed E-state index contributed by atoms with van der Waals surface area (Å²) in [6, 6.07) is 6.10. The summed E-state index contributed by atoms with van der Waals surface area (Å²) in [5, 5.41) is 0. The number of carbonyl (C=O) groups is 1. The van der Waals surface area contributed by atoms with Crippen molar-refractivity contribution in [1.82, 2.24) is 19.9 Å². The van der Waals surface area contributed by atoms with E-state index in [4.69, 9.17) is 0 Å². The van der Waals surface area contributed by atoms with Crippen molar-refractivity contribution in [1.29, 1.82) is 0 Å². The van der Waals surface area contributed by atoms with Crippen LogP contribution in [-0.2, 0) is 11.2 Å². The summed E-state index contributed by atoms with van der Waals surface area (Å²) in [7, 11) is 0. The number of likely N-dealkylation sites (tertiary alicyclic amines) is 1. The van der Waals surface area contributed by atoms with Crippen molar-refractivity contribution in [3.63, 3.8) is 0 Å². The van der Waals surface area contributed by atoms with Gasteiger partial charge in [0, 0.05) is 56.8 Å². The molecule has 2 aliphatic rings. The third-order valence-corrected chi connectivity index (χ3v) is 6.08. The lowest BCUT2D eigenvalue weighted by Crippen LogP contribution is -2.52. The van der Waals surface area contributed by atoms with Gasteiger partial charge in [0.25, 0.3) is 0 Å². The second-order valence-corrected chi connectivity index (χ2v) is 7.93. The first kappa shape index (κ1) is 17.9. The number of anilines is 1. The minimum atomic E-state index is 0.265. The highest BCUT2D eigenvalue weighted by molar-refractivity contribution is 5.77. The van der Waals surface area contributed by atoms with Crippen molar-refractivity contribution < 1.29 is 4.79 Å². The van der Waals surface area contributed by atoms with Crippen LogP contribution in [0.15, 0.2) is 36.9 Å². The molecule has 4 rings (SSSR count). The van der Waals surface area contributed by atoms with E-state index in [1.807, 2.05) is 19.2 Å². The molecule has 0 unspecified atom stereocenters. The van der Waals surface area contributed by atoms with Gasteiger partial charge in [-0.25, -0.2) is 9.97 Å². The Morgan fingerprint density at radius 3 is 2.78 bits per heavy atom. The molecule has 0 atom stereocenters. The van der Waals surface area contributed by atoms with Crippen molar-refractivity contribution in [2.75, 3.05) is 31.1 Å². The van der Waals surface area contributed by atoms with Crippen LogP contribution in [0.5, 0.6) is 0 Å². The van der Waals surface area contributed by atoms with E-state index < -0.39 is 0 Å². The van der Waals surface area contributed by atoms with Crippen molar-refractivity contribution in [3.8, 4) is 0 Å². The van der Waals surface area contributed by atoms with Gasteiger partial charge in [0.15, 0.2) is 0 Å². The number of aromatic nitrogens is 3. The highest BCUT2D eigenvalue weighted by atomic mass is 16.2. The van der Waals surface area contributed by atoms with Crippen molar-refractivity contribution in [2.24, 2.45) is 5.41 Å². The molecular formula is C21H27N5O. The number of hydrogen-bond donors (Lipinski definition) is 0. The number of pyridine rings is 1. The van der Waals surface area contributed by atoms with Crippen LogP contribution in [0, 0.1) is 12.3 Å². The molecule has 2 fully saturated rings. The molecule has 0 bridgehead atoms. The van der Waals surface area contributed by atoms with Gasteiger partial charge in [0.05, 0.1) is 0 Å². The van der Waals surface area contributed by atoms with Crippen LogP contribution in [0.25, 0.3) is 0 Å². The van der Waals surface area contributed by atoms with Gasteiger partial charge in [-0.2, -0.15) is 0 Å². The average Bonchev–Trinajstić information content (AvgIpc) is 2.70.